The maximum atomic E-state index is 12.9. The Kier molecular flexibility index (Phi) is 6.95. The van der Waals surface area contributed by atoms with Gasteiger partial charge in [-0.2, -0.15) is 0 Å². The van der Waals surface area contributed by atoms with Gasteiger partial charge in [-0.25, -0.2) is 4.79 Å². The Morgan fingerprint density at radius 1 is 1.29 bits per heavy atom. The third kappa shape index (κ3) is 4.42. The minimum atomic E-state index is -0.463. The summed E-state index contributed by atoms with van der Waals surface area (Å²) < 4.78 is 5.75. The Labute approximate surface area is 192 Å². The highest BCUT2D eigenvalue weighted by atomic mass is 35.5. The molecule has 3 aromatic rings. The smallest absolute Gasteiger partial charge is 0.341 e. The van der Waals surface area contributed by atoms with Crippen LogP contribution in [0.2, 0.25) is 0 Å². The van der Waals surface area contributed by atoms with E-state index < -0.39 is 10.9 Å². The average Bonchev–Trinajstić information content (AvgIpc) is 3.32. The van der Waals surface area contributed by atoms with Crippen molar-refractivity contribution in [2.45, 2.75) is 19.9 Å². The van der Waals surface area contributed by atoms with Gasteiger partial charge >= 0.3 is 5.97 Å². The number of carbonyl (C=O) groups is 2. The molecule has 0 spiro atoms. The monoisotopic (exact) mass is 481 g/mol. The molecule has 0 atom stereocenters. The molecule has 0 saturated carbocycles. The first-order valence-electron chi connectivity index (χ1n) is 9.35. The predicted octanol–water partition coefficient (Wildman–Crippen LogP) is 4.71. The summed E-state index contributed by atoms with van der Waals surface area (Å²) in [6.07, 6.45) is 0.729. The summed E-state index contributed by atoms with van der Waals surface area (Å²) in [5.41, 5.74) is 1.35. The molecule has 11 heteroatoms. The van der Waals surface area contributed by atoms with E-state index in [0.717, 1.165) is 41.2 Å². The maximum Gasteiger partial charge on any atom is 0.341 e. The molecule has 1 N–H and O–H groups in total. The molecule has 0 aliphatic carbocycles. The van der Waals surface area contributed by atoms with Crippen molar-refractivity contribution in [3.05, 3.63) is 55.3 Å². The van der Waals surface area contributed by atoms with Crippen molar-refractivity contribution >= 4 is 67.7 Å². The molecule has 164 valence electrons. The molecule has 0 bridgehead atoms. The number of nitro benzene ring substituents is 1. The van der Waals surface area contributed by atoms with Crippen LogP contribution in [0.4, 0.5) is 10.7 Å². The number of hydrogen-bond acceptors (Lipinski definition) is 8. The summed E-state index contributed by atoms with van der Waals surface area (Å²) in [4.78, 5) is 39.6. The fraction of sp³-hybridized carbons (Fsp3) is 0.300. The Hall–Kier alpha value is -2.53. The zero-order chi connectivity index (χ0) is 21.4. The molecule has 2 aromatic heterocycles. The number of methoxy groups -OCH3 is 1. The number of halogens is 1. The number of esters is 1. The number of rotatable bonds is 5. The van der Waals surface area contributed by atoms with Gasteiger partial charge in [0, 0.05) is 40.2 Å². The molecule has 3 heterocycles. The van der Waals surface area contributed by atoms with Crippen LogP contribution in [0.5, 0.6) is 0 Å². The molecule has 8 nitrogen and oxygen atoms in total. The van der Waals surface area contributed by atoms with Crippen LogP contribution in [0.15, 0.2) is 24.3 Å². The van der Waals surface area contributed by atoms with E-state index in [1.807, 2.05) is 0 Å². The number of nitro groups is 1. The van der Waals surface area contributed by atoms with Gasteiger partial charge in [0.1, 0.15) is 5.00 Å². The first-order valence-corrected chi connectivity index (χ1v) is 11.0. The molecular weight excluding hydrogens is 462 g/mol. The number of likely N-dealkylation sites (N-methyl/N-ethyl adjacent to an activating group) is 1. The SMILES string of the molecule is CCN1CCc2c(sc(NC(=O)c3cc4cc([N+](=O)[O-])ccc4s3)c2C(=O)OC)C1.Cl. The van der Waals surface area contributed by atoms with Crippen LogP contribution in [-0.2, 0) is 17.7 Å². The first kappa shape index (κ1) is 23.1. The lowest BCUT2D eigenvalue weighted by Crippen LogP contribution is -2.29. The minimum absolute atomic E-state index is 0. The predicted molar refractivity (Wildman–Crippen MR) is 124 cm³/mol. The molecular formula is C20H20ClN3O5S2. The van der Waals surface area contributed by atoms with E-state index >= 15 is 0 Å². The van der Waals surface area contributed by atoms with Crippen LogP contribution in [0, 0.1) is 10.1 Å². The number of benzene rings is 1. The van der Waals surface area contributed by atoms with Crippen LogP contribution < -0.4 is 5.32 Å². The molecule has 1 aromatic carbocycles. The molecule has 1 amide bonds. The standard InChI is InChI=1S/C20H19N3O5S2.ClH/c1-3-22-7-6-13-16(10-22)30-19(17(13)20(25)28-2)21-18(24)15-9-11-8-12(23(26)27)4-5-14(11)29-15;/h4-5,8-9H,3,6-7,10H2,1-2H3,(H,21,24);1H. The topological polar surface area (TPSA) is 102 Å². The van der Waals surface area contributed by atoms with Gasteiger partial charge < -0.3 is 10.1 Å². The summed E-state index contributed by atoms with van der Waals surface area (Å²) in [5, 5.41) is 15.0. The van der Waals surface area contributed by atoms with Gasteiger partial charge in [0.25, 0.3) is 11.6 Å². The lowest BCUT2D eigenvalue weighted by molar-refractivity contribution is -0.384. The van der Waals surface area contributed by atoms with E-state index in [9.17, 15) is 19.7 Å². The lowest BCUT2D eigenvalue weighted by atomic mass is 10.0. The highest BCUT2D eigenvalue weighted by Crippen LogP contribution is 2.38. The van der Waals surface area contributed by atoms with Crippen molar-refractivity contribution in [2.75, 3.05) is 25.5 Å². The van der Waals surface area contributed by atoms with Gasteiger partial charge in [-0.3, -0.25) is 19.8 Å². The van der Waals surface area contributed by atoms with E-state index in [0.29, 0.717) is 20.8 Å². The summed E-state index contributed by atoms with van der Waals surface area (Å²) in [6, 6.07) is 6.14. The van der Waals surface area contributed by atoms with Gasteiger partial charge in [0.05, 0.1) is 22.5 Å². The number of fused-ring (bicyclic) bond motifs is 2. The molecule has 31 heavy (non-hydrogen) atoms. The largest absolute Gasteiger partial charge is 0.465 e. The van der Waals surface area contributed by atoms with E-state index in [4.69, 9.17) is 4.74 Å². The number of non-ortho nitro benzene ring substituents is 1. The highest BCUT2D eigenvalue weighted by molar-refractivity contribution is 7.21. The fourth-order valence-electron chi connectivity index (χ4n) is 3.55. The van der Waals surface area contributed by atoms with Gasteiger partial charge in [-0.05, 0) is 30.7 Å². The normalized spacial score (nSPS) is 13.4. The van der Waals surface area contributed by atoms with Crippen molar-refractivity contribution < 1.29 is 19.2 Å². The van der Waals surface area contributed by atoms with Crippen LogP contribution in [0.25, 0.3) is 10.1 Å². The summed E-state index contributed by atoms with van der Waals surface area (Å²) in [6.45, 7) is 4.60. The number of nitrogens with zero attached hydrogens (tertiary/aromatic N) is 2. The van der Waals surface area contributed by atoms with E-state index in [1.54, 1.807) is 12.1 Å². The third-order valence-corrected chi connectivity index (χ3v) is 7.38. The first-order chi connectivity index (χ1) is 14.4. The number of ether oxygens (including phenoxy) is 1. The highest BCUT2D eigenvalue weighted by Gasteiger charge is 2.29. The second-order valence-corrected chi connectivity index (χ2v) is 9.05. The van der Waals surface area contributed by atoms with Crippen molar-refractivity contribution in [2.24, 2.45) is 0 Å². The van der Waals surface area contributed by atoms with Crippen molar-refractivity contribution in [3.63, 3.8) is 0 Å². The number of anilines is 1. The van der Waals surface area contributed by atoms with Crippen LogP contribution in [-0.4, -0.2) is 41.9 Å². The Morgan fingerprint density at radius 2 is 2.06 bits per heavy atom. The summed E-state index contributed by atoms with van der Waals surface area (Å²) in [5.74, 6) is -0.810. The molecule has 1 aliphatic rings. The van der Waals surface area contributed by atoms with Gasteiger partial charge in [0.15, 0.2) is 0 Å². The number of nitrogens with one attached hydrogen (secondary N) is 1. The van der Waals surface area contributed by atoms with Crippen LogP contribution in [0.1, 0.15) is 37.4 Å². The molecule has 0 unspecified atom stereocenters. The molecule has 0 saturated heterocycles. The number of hydrogen-bond donors (Lipinski definition) is 1. The molecule has 4 rings (SSSR count). The zero-order valence-corrected chi connectivity index (χ0v) is 19.2. The van der Waals surface area contributed by atoms with Crippen LogP contribution >= 0.6 is 35.1 Å². The Bertz CT molecular complexity index is 1170. The van der Waals surface area contributed by atoms with Gasteiger partial charge in [-0.15, -0.1) is 35.1 Å². The number of amides is 1. The second-order valence-electron chi connectivity index (χ2n) is 6.86. The second kappa shape index (κ2) is 9.31. The average molecular weight is 482 g/mol. The number of thiophene rings is 2. The lowest BCUT2D eigenvalue weighted by Gasteiger charge is -2.25. The third-order valence-electron chi connectivity index (χ3n) is 5.13. The van der Waals surface area contributed by atoms with Crippen LogP contribution in [0.3, 0.4) is 0 Å². The van der Waals surface area contributed by atoms with E-state index in [-0.39, 0.29) is 24.0 Å². The Morgan fingerprint density at radius 3 is 2.74 bits per heavy atom. The van der Waals surface area contributed by atoms with Crippen molar-refractivity contribution in [1.29, 1.82) is 0 Å². The maximum absolute atomic E-state index is 12.9. The van der Waals surface area contributed by atoms with Gasteiger partial charge in [-0.1, -0.05) is 6.92 Å². The van der Waals surface area contributed by atoms with E-state index in [2.05, 4.69) is 17.1 Å². The fourth-order valence-corrected chi connectivity index (χ4v) is 5.76. The Balaban J connectivity index is 0.00000272. The van der Waals surface area contributed by atoms with Crippen molar-refractivity contribution in [1.82, 2.24) is 4.90 Å². The number of carbonyl (C=O) groups excluding carboxylic acids is 2. The van der Waals surface area contributed by atoms with Crippen molar-refractivity contribution in [3.8, 4) is 0 Å². The quantitative estimate of drug-likeness (QED) is 0.321. The van der Waals surface area contributed by atoms with Gasteiger partial charge in [0.2, 0.25) is 0 Å². The molecule has 0 fully saturated rings. The summed E-state index contributed by atoms with van der Waals surface area (Å²) >= 11 is 2.65. The molecule has 0 radical (unpaired) electrons. The minimum Gasteiger partial charge on any atom is -0.465 e. The molecule has 1 aliphatic heterocycles. The zero-order valence-electron chi connectivity index (χ0n) is 16.8. The van der Waals surface area contributed by atoms with E-state index in [1.165, 1.54) is 41.9 Å². The summed E-state index contributed by atoms with van der Waals surface area (Å²) in [7, 11) is 1.33.